The van der Waals surface area contributed by atoms with Gasteiger partial charge >= 0.3 is 0 Å². The van der Waals surface area contributed by atoms with Crippen LogP contribution in [0, 0.1) is 16.0 Å². The first-order chi connectivity index (χ1) is 13.0. The molecule has 1 aliphatic carbocycles. The highest BCUT2D eigenvalue weighted by atomic mass is 79.9. The number of rotatable bonds is 3. The van der Waals surface area contributed by atoms with Crippen molar-refractivity contribution in [2.45, 2.75) is 29.3 Å². The average Bonchev–Trinajstić information content (AvgIpc) is 2.68. The van der Waals surface area contributed by atoms with Crippen LogP contribution in [0.4, 0.5) is 0 Å². The quantitative estimate of drug-likeness (QED) is 0.313. The maximum atomic E-state index is 12.7. The van der Waals surface area contributed by atoms with Crippen LogP contribution in [0.25, 0.3) is 0 Å². The molecule has 2 aromatic carbocycles. The van der Waals surface area contributed by atoms with Crippen molar-refractivity contribution in [3.63, 3.8) is 0 Å². The van der Waals surface area contributed by atoms with Gasteiger partial charge < -0.3 is 4.74 Å². The van der Waals surface area contributed by atoms with Gasteiger partial charge in [-0.2, -0.15) is 0 Å². The first kappa shape index (κ1) is 17.9. The van der Waals surface area contributed by atoms with Gasteiger partial charge in [0.1, 0.15) is 12.0 Å². The summed E-state index contributed by atoms with van der Waals surface area (Å²) >= 11 is 3.47. The van der Waals surface area contributed by atoms with Crippen LogP contribution in [-0.2, 0) is 4.79 Å². The zero-order valence-electron chi connectivity index (χ0n) is 14.6. The first-order valence-corrected chi connectivity index (χ1v) is 9.69. The van der Waals surface area contributed by atoms with E-state index < -0.39 is 22.4 Å². The minimum Gasteiger partial charge on any atom is -0.471 e. The van der Waals surface area contributed by atoms with Crippen LogP contribution >= 0.6 is 15.9 Å². The Morgan fingerprint density at radius 2 is 1.81 bits per heavy atom. The second-order valence-corrected chi connectivity index (χ2v) is 7.91. The second-order valence-electron chi connectivity index (χ2n) is 7.08. The van der Waals surface area contributed by atoms with E-state index >= 15 is 0 Å². The lowest BCUT2D eigenvalue weighted by Crippen LogP contribution is -2.62. The Morgan fingerprint density at radius 1 is 1.15 bits per heavy atom. The van der Waals surface area contributed by atoms with Crippen molar-refractivity contribution < 1.29 is 14.5 Å². The summed E-state index contributed by atoms with van der Waals surface area (Å²) in [6.45, 7) is 1.93. The number of hydrogen-bond donors (Lipinski definition) is 0. The van der Waals surface area contributed by atoms with E-state index in [-0.39, 0.29) is 10.8 Å². The highest BCUT2D eigenvalue weighted by Gasteiger charge is 2.69. The molecular formula is C21H18BrNO4. The topological polar surface area (TPSA) is 69.4 Å². The number of aldehydes is 1. The van der Waals surface area contributed by atoms with E-state index in [4.69, 9.17) is 4.74 Å². The summed E-state index contributed by atoms with van der Waals surface area (Å²) in [6.07, 6.45) is 2.62. The molecule has 0 saturated heterocycles. The fourth-order valence-corrected chi connectivity index (χ4v) is 5.65. The monoisotopic (exact) mass is 427 g/mol. The standard InChI is InChI=1S/C21H18BrNO4/c1-13-11-15(12-24)19(14-7-3-2-4-8-14)21(23(25)26)18(13)16-9-5-6-10-17(16)27-20(21)22/h2-13,18-20H,1H3/t13-,18-,19+,20?,21+/m1/s1. The normalized spacial score (nSPS) is 31.7. The number of halogens is 1. The van der Waals surface area contributed by atoms with Crippen LogP contribution in [0.3, 0.4) is 0 Å². The van der Waals surface area contributed by atoms with E-state index in [9.17, 15) is 14.9 Å². The third kappa shape index (κ3) is 2.46. The molecule has 0 amide bonds. The number of ether oxygens (including phenoxy) is 1. The Labute approximate surface area is 165 Å². The van der Waals surface area contributed by atoms with E-state index in [0.29, 0.717) is 11.3 Å². The number of carbonyl (C=O) groups excluding carboxylic acids is 1. The Hall–Kier alpha value is -2.47. The first-order valence-electron chi connectivity index (χ1n) is 8.77. The van der Waals surface area contributed by atoms with Gasteiger partial charge in [-0.3, -0.25) is 14.9 Å². The van der Waals surface area contributed by atoms with Gasteiger partial charge in [-0.1, -0.05) is 61.5 Å². The highest BCUT2D eigenvalue weighted by molar-refractivity contribution is 9.09. The molecule has 5 nitrogen and oxygen atoms in total. The largest absolute Gasteiger partial charge is 0.471 e. The van der Waals surface area contributed by atoms with Crippen molar-refractivity contribution in [2.24, 2.45) is 5.92 Å². The Kier molecular flexibility index (Phi) is 4.38. The predicted octanol–water partition coefficient (Wildman–Crippen LogP) is 4.46. The van der Waals surface area contributed by atoms with Crippen LogP contribution in [-0.4, -0.2) is 21.8 Å². The molecule has 1 unspecified atom stereocenters. The third-order valence-corrected chi connectivity index (χ3v) is 6.63. The van der Waals surface area contributed by atoms with E-state index in [2.05, 4.69) is 15.9 Å². The number of para-hydroxylation sites is 1. The molecule has 0 fully saturated rings. The van der Waals surface area contributed by atoms with Crippen molar-refractivity contribution in [1.82, 2.24) is 0 Å². The summed E-state index contributed by atoms with van der Waals surface area (Å²) in [5, 5.41) is 11.8. The van der Waals surface area contributed by atoms with Crippen molar-refractivity contribution in [2.75, 3.05) is 0 Å². The number of hydrogen-bond acceptors (Lipinski definition) is 4. The molecule has 0 saturated carbocycles. The lowest BCUT2D eigenvalue weighted by atomic mass is 9.58. The molecule has 0 radical (unpaired) electrons. The van der Waals surface area contributed by atoms with Gasteiger partial charge in [0.05, 0.1) is 11.8 Å². The van der Waals surface area contributed by atoms with E-state index in [1.165, 1.54) is 0 Å². The molecule has 1 aliphatic heterocycles. The minimum atomic E-state index is -1.54. The Morgan fingerprint density at radius 3 is 2.48 bits per heavy atom. The third-order valence-electron chi connectivity index (χ3n) is 5.71. The van der Waals surface area contributed by atoms with Gasteiger partial charge in [0.25, 0.3) is 5.54 Å². The molecule has 6 heteroatoms. The van der Waals surface area contributed by atoms with Gasteiger partial charge in [-0.25, -0.2) is 0 Å². The SMILES string of the molecule is C[C@@H]1C=C(C=O)[C@H](c2ccccc2)[C@]2([N+](=O)[O-])C(Br)Oc3ccccc3[C@@H]12. The molecule has 5 atom stereocenters. The average molecular weight is 428 g/mol. The Balaban J connectivity index is 2.06. The fourth-order valence-electron chi connectivity index (χ4n) is 4.73. The molecule has 0 bridgehead atoms. The molecule has 0 N–H and O–H groups in total. The number of alkyl halides is 1. The maximum Gasteiger partial charge on any atom is 0.286 e. The number of carbonyl (C=O) groups is 1. The summed E-state index contributed by atoms with van der Waals surface area (Å²) in [4.78, 5) is 24.4. The second kappa shape index (κ2) is 6.60. The van der Waals surface area contributed by atoms with Gasteiger partial charge in [0, 0.05) is 16.1 Å². The zero-order valence-corrected chi connectivity index (χ0v) is 16.2. The number of fused-ring (bicyclic) bond motifs is 3. The molecule has 2 aromatic rings. The fraction of sp³-hybridized carbons (Fsp3) is 0.286. The van der Waals surface area contributed by atoms with Crippen LogP contribution in [0.15, 0.2) is 66.2 Å². The lowest BCUT2D eigenvalue weighted by Gasteiger charge is -2.49. The van der Waals surface area contributed by atoms with E-state index in [1.807, 2.05) is 67.6 Å². The molecule has 1 heterocycles. The number of benzene rings is 2. The predicted molar refractivity (Wildman–Crippen MR) is 105 cm³/mol. The van der Waals surface area contributed by atoms with Crippen molar-refractivity contribution in [3.8, 4) is 5.75 Å². The molecule has 0 spiro atoms. The minimum absolute atomic E-state index is 0.194. The van der Waals surface area contributed by atoms with Crippen molar-refractivity contribution in [1.29, 1.82) is 0 Å². The number of nitrogens with zero attached hydrogens (tertiary/aromatic N) is 1. The summed E-state index contributed by atoms with van der Waals surface area (Å²) in [6, 6.07) is 16.6. The Bertz CT molecular complexity index is 929. The number of allylic oxidation sites excluding steroid dienone is 1. The molecule has 4 rings (SSSR count). The smallest absolute Gasteiger partial charge is 0.286 e. The summed E-state index contributed by atoms with van der Waals surface area (Å²) in [5.74, 6) is -0.704. The maximum absolute atomic E-state index is 12.7. The van der Waals surface area contributed by atoms with E-state index in [1.54, 1.807) is 0 Å². The van der Waals surface area contributed by atoms with Crippen molar-refractivity contribution >= 4 is 22.2 Å². The molecule has 2 aliphatic rings. The van der Waals surface area contributed by atoms with Crippen LogP contribution in [0.1, 0.15) is 29.9 Å². The van der Waals surface area contributed by atoms with Gasteiger partial charge in [0.2, 0.25) is 5.01 Å². The summed E-state index contributed by atoms with van der Waals surface area (Å²) in [7, 11) is 0. The zero-order chi connectivity index (χ0) is 19.2. The van der Waals surface area contributed by atoms with Crippen LogP contribution in [0.5, 0.6) is 5.75 Å². The highest BCUT2D eigenvalue weighted by Crippen LogP contribution is 2.59. The number of nitro groups is 1. The van der Waals surface area contributed by atoms with E-state index in [0.717, 1.165) is 17.4 Å². The lowest BCUT2D eigenvalue weighted by molar-refractivity contribution is -0.587. The molecule has 27 heavy (non-hydrogen) atoms. The van der Waals surface area contributed by atoms with Gasteiger partial charge in [-0.05, 0) is 33.5 Å². The molecular weight excluding hydrogens is 410 g/mol. The molecule has 138 valence electrons. The molecule has 0 aromatic heterocycles. The van der Waals surface area contributed by atoms with Gasteiger partial charge in [-0.15, -0.1) is 0 Å². The van der Waals surface area contributed by atoms with Gasteiger partial charge in [0.15, 0.2) is 0 Å². The van der Waals surface area contributed by atoms with Crippen molar-refractivity contribution in [3.05, 3.63) is 87.5 Å². The summed E-state index contributed by atoms with van der Waals surface area (Å²) in [5.41, 5.74) is 0.422. The van der Waals surface area contributed by atoms with Crippen LogP contribution in [0.2, 0.25) is 0 Å². The van der Waals surface area contributed by atoms with Crippen LogP contribution < -0.4 is 4.74 Å². The summed E-state index contributed by atoms with van der Waals surface area (Å²) < 4.78 is 5.99.